The van der Waals surface area contributed by atoms with Gasteiger partial charge in [0.25, 0.3) is 6.43 Å². The Hall–Kier alpha value is -2.30. The number of alkyl halides is 5. The average Bonchev–Trinajstić information content (AvgIpc) is 3.26. The van der Waals surface area contributed by atoms with Crippen LogP contribution in [-0.2, 0) is 0 Å². The number of nitrogens with zero attached hydrogens (tertiary/aromatic N) is 2. The van der Waals surface area contributed by atoms with Crippen LogP contribution in [0.5, 0.6) is 0 Å². The van der Waals surface area contributed by atoms with Crippen LogP contribution in [0.4, 0.5) is 27.8 Å². The van der Waals surface area contributed by atoms with Crippen LogP contribution >= 0.6 is 11.3 Å². The van der Waals surface area contributed by atoms with E-state index in [1.807, 2.05) is 0 Å². The molecule has 140 valence electrons. The van der Waals surface area contributed by atoms with Gasteiger partial charge in [-0.15, -0.1) is 11.3 Å². The summed E-state index contributed by atoms with van der Waals surface area (Å²) in [5.74, 6) is -2.21. The quantitative estimate of drug-likeness (QED) is 0.702. The molecule has 1 aliphatic rings. The molecule has 0 aromatic carbocycles. The van der Waals surface area contributed by atoms with Crippen LogP contribution in [0.1, 0.15) is 34.6 Å². The highest BCUT2D eigenvalue weighted by Crippen LogP contribution is 2.42. The summed E-state index contributed by atoms with van der Waals surface area (Å²) in [5.41, 5.74) is -0.706. The second kappa shape index (κ2) is 6.78. The fourth-order valence-electron chi connectivity index (χ4n) is 2.50. The number of carboxylic acids is 1. The van der Waals surface area contributed by atoms with E-state index >= 15 is 0 Å². The fraction of sp³-hybridized carbons (Fsp3) is 0.400. The van der Waals surface area contributed by atoms with E-state index in [4.69, 9.17) is 5.11 Å². The van der Waals surface area contributed by atoms with Gasteiger partial charge in [-0.05, 0) is 24.8 Å². The number of carbonyl (C=O) groups is 1. The molecule has 2 N–H and O–H groups in total. The van der Waals surface area contributed by atoms with E-state index < -0.39 is 36.1 Å². The maximum atomic E-state index is 13.4. The van der Waals surface area contributed by atoms with Gasteiger partial charge in [-0.1, -0.05) is 0 Å². The number of aromatic carboxylic acids is 1. The summed E-state index contributed by atoms with van der Waals surface area (Å²) < 4.78 is 66.0. The standard InChI is InChI=1S/C15H12F5N3O2S/c16-12(17)7-3-10(23-11(6-1-2-6)15(18,19)20)21-4-8(7)9-5-26-13(22-9)14(24)25/h3-6,11-12H,1-2H2,(H,21,23)(H,24,25)/t11-/m0/s1. The van der Waals surface area contributed by atoms with E-state index in [1.165, 1.54) is 5.38 Å². The molecule has 1 fully saturated rings. The molecule has 2 aromatic heterocycles. The van der Waals surface area contributed by atoms with E-state index in [9.17, 15) is 26.7 Å². The summed E-state index contributed by atoms with van der Waals surface area (Å²) in [5, 5.41) is 12.1. The first-order valence-electron chi connectivity index (χ1n) is 7.47. The predicted molar refractivity (Wildman–Crippen MR) is 83.5 cm³/mol. The monoisotopic (exact) mass is 393 g/mol. The van der Waals surface area contributed by atoms with Gasteiger partial charge in [-0.3, -0.25) is 0 Å². The fourth-order valence-corrected chi connectivity index (χ4v) is 3.15. The van der Waals surface area contributed by atoms with Crippen molar-refractivity contribution in [3.05, 3.63) is 28.2 Å². The van der Waals surface area contributed by atoms with Gasteiger partial charge in [0.15, 0.2) is 0 Å². The van der Waals surface area contributed by atoms with Crippen LogP contribution in [-0.4, -0.2) is 33.3 Å². The normalized spacial score (nSPS) is 15.9. The van der Waals surface area contributed by atoms with Crippen molar-refractivity contribution in [2.45, 2.75) is 31.5 Å². The number of thiazole rings is 1. The summed E-state index contributed by atoms with van der Waals surface area (Å²) >= 11 is 0.756. The number of pyridine rings is 1. The van der Waals surface area contributed by atoms with Gasteiger partial charge in [0.05, 0.1) is 5.69 Å². The van der Waals surface area contributed by atoms with Crippen molar-refractivity contribution in [2.75, 3.05) is 5.32 Å². The first-order chi connectivity index (χ1) is 12.2. The Labute approximate surface area is 147 Å². The zero-order chi connectivity index (χ0) is 19.1. The Morgan fingerprint density at radius 1 is 1.35 bits per heavy atom. The molecule has 1 aliphatic carbocycles. The lowest BCUT2D eigenvalue weighted by atomic mass is 10.1. The summed E-state index contributed by atoms with van der Waals surface area (Å²) in [4.78, 5) is 18.4. The first kappa shape index (κ1) is 18.5. The van der Waals surface area contributed by atoms with Gasteiger partial charge in [0.2, 0.25) is 5.01 Å². The van der Waals surface area contributed by atoms with Crippen LogP contribution in [0.3, 0.4) is 0 Å². The summed E-state index contributed by atoms with van der Waals surface area (Å²) in [6.07, 6.45) is -5.71. The van der Waals surface area contributed by atoms with Crippen molar-refractivity contribution in [3.63, 3.8) is 0 Å². The average molecular weight is 393 g/mol. The SMILES string of the molecule is O=C(O)c1nc(-c2cnc(N[C@@H](C3CC3)C(F)(F)F)cc2C(F)F)cs1. The molecule has 26 heavy (non-hydrogen) atoms. The van der Waals surface area contributed by atoms with Crippen molar-refractivity contribution >= 4 is 23.1 Å². The lowest BCUT2D eigenvalue weighted by Gasteiger charge is -2.22. The third-order valence-electron chi connectivity index (χ3n) is 3.88. The van der Waals surface area contributed by atoms with E-state index in [-0.39, 0.29) is 22.1 Å². The molecule has 0 amide bonds. The molecule has 1 atom stereocenters. The zero-order valence-electron chi connectivity index (χ0n) is 12.9. The highest BCUT2D eigenvalue weighted by atomic mass is 32.1. The Morgan fingerprint density at radius 3 is 2.54 bits per heavy atom. The van der Waals surface area contributed by atoms with Crippen molar-refractivity contribution in [1.29, 1.82) is 0 Å². The third-order valence-corrected chi connectivity index (χ3v) is 4.71. The number of hydrogen-bond donors (Lipinski definition) is 2. The van der Waals surface area contributed by atoms with Crippen LogP contribution in [0.2, 0.25) is 0 Å². The maximum absolute atomic E-state index is 13.4. The summed E-state index contributed by atoms with van der Waals surface area (Å²) in [6.45, 7) is 0. The van der Waals surface area contributed by atoms with Gasteiger partial charge >= 0.3 is 12.1 Å². The van der Waals surface area contributed by atoms with Crippen LogP contribution in [0.15, 0.2) is 17.6 Å². The Bertz CT molecular complexity index is 820. The molecule has 3 rings (SSSR count). The number of carboxylic acid groups (broad SMARTS) is 1. The van der Waals surface area contributed by atoms with E-state index in [1.54, 1.807) is 0 Å². The second-order valence-corrected chi connectivity index (χ2v) is 6.66. The molecule has 1 saturated carbocycles. The molecule has 5 nitrogen and oxygen atoms in total. The van der Waals surface area contributed by atoms with E-state index in [2.05, 4.69) is 15.3 Å². The minimum absolute atomic E-state index is 0.0173. The summed E-state index contributed by atoms with van der Waals surface area (Å²) in [7, 11) is 0. The minimum Gasteiger partial charge on any atom is -0.476 e. The molecule has 2 aromatic rings. The van der Waals surface area contributed by atoms with Crippen molar-refractivity contribution in [2.24, 2.45) is 5.92 Å². The lowest BCUT2D eigenvalue weighted by molar-refractivity contribution is -0.146. The van der Waals surface area contributed by atoms with E-state index in [0.29, 0.717) is 12.8 Å². The topological polar surface area (TPSA) is 75.1 Å². The van der Waals surface area contributed by atoms with Gasteiger partial charge in [0, 0.05) is 22.7 Å². The Morgan fingerprint density at radius 2 is 2.04 bits per heavy atom. The molecule has 2 heterocycles. The zero-order valence-corrected chi connectivity index (χ0v) is 13.7. The van der Waals surface area contributed by atoms with Crippen molar-refractivity contribution < 1.29 is 31.9 Å². The van der Waals surface area contributed by atoms with Crippen molar-refractivity contribution in [3.8, 4) is 11.3 Å². The number of halogens is 5. The predicted octanol–water partition coefficient (Wildman–Crippen LogP) is 4.59. The lowest BCUT2D eigenvalue weighted by Crippen LogP contribution is -2.38. The van der Waals surface area contributed by atoms with Gasteiger partial charge in [-0.25, -0.2) is 23.5 Å². The Balaban J connectivity index is 1.92. The highest BCUT2D eigenvalue weighted by molar-refractivity contribution is 7.11. The smallest absolute Gasteiger partial charge is 0.408 e. The van der Waals surface area contributed by atoms with Gasteiger partial charge in [0.1, 0.15) is 11.9 Å². The number of hydrogen-bond acceptors (Lipinski definition) is 5. The molecule has 0 saturated heterocycles. The molecular weight excluding hydrogens is 381 g/mol. The molecule has 11 heteroatoms. The Kier molecular flexibility index (Phi) is 4.82. The highest BCUT2D eigenvalue weighted by Gasteiger charge is 2.49. The maximum Gasteiger partial charge on any atom is 0.408 e. The second-order valence-electron chi connectivity index (χ2n) is 5.80. The number of rotatable bonds is 6. The van der Waals surface area contributed by atoms with Crippen molar-refractivity contribution in [1.82, 2.24) is 9.97 Å². The third kappa shape index (κ3) is 3.92. The largest absolute Gasteiger partial charge is 0.476 e. The molecule has 0 unspecified atom stereocenters. The molecule has 0 bridgehead atoms. The molecule has 0 radical (unpaired) electrons. The molecule has 0 spiro atoms. The number of nitrogens with one attached hydrogen (secondary N) is 1. The van der Waals surface area contributed by atoms with Crippen LogP contribution in [0.25, 0.3) is 11.3 Å². The van der Waals surface area contributed by atoms with Crippen LogP contribution < -0.4 is 5.32 Å². The van der Waals surface area contributed by atoms with E-state index in [0.717, 1.165) is 23.6 Å². The first-order valence-corrected chi connectivity index (χ1v) is 8.35. The summed E-state index contributed by atoms with van der Waals surface area (Å²) in [6, 6.07) is -0.995. The number of aromatic nitrogens is 2. The minimum atomic E-state index is -4.52. The van der Waals surface area contributed by atoms with Crippen LogP contribution in [0, 0.1) is 5.92 Å². The van der Waals surface area contributed by atoms with Gasteiger partial charge in [-0.2, -0.15) is 13.2 Å². The van der Waals surface area contributed by atoms with Gasteiger partial charge < -0.3 is 10.4 Å². The molecule has 0 aliphatic heterocycles. The molecular formula is C15H12F5N3O2S. The number of anilines is 1.